The molecular formula is C11H12BrF3N2. The second-order valence-corrected chi connectivity index (χ2v) is 5.17. The number of nitrogens with zero attached hydrogens (tertiary/aromatic N) is 1. The standard InChI is InChI=1S/C11H12BrF3N2/c1-6(7-2-3-7)17-10-4-8(11(13,14)15)9(12)5-16-10/h4-7H,2-3H2,1H3,(H,16,17)/t6-/m0/s1. The van der Waals surface area contributed by atoms with E-state index >= 15 is 0 Å². The van der Waals surface area contributed by atoms with Gasteiger partial charge in [0.05, 0.1) is 5.56 Å². The van der Waals surface area contributed by atoms with E-state index < -0.39 is 11.7 Å². The van der Waals surface area contributed by atoms with E-state index in [9.17, 15) is 13.2 Å². The first kappa shape index (κ1) is 12.7. The summed E-state index contributed by atoms with van der Waals surface area (Å²) in [5.74, 6) is 0.842. The Labute approximate surface area is 106 Å². The van der Waals surface area contributed by atoms with Crippen LogP contribution in [0, 0.1) is 5.92 Å². The first-order valence-electron chi connectivity index (χ1n) is 5.37. The van der Waals surface area contributed by atoms with Crippen molar-refractivity contribution in [2.75, 3.05) is 5.32 Å². The SMILES string of the molecule is C[C@H](Nc1cc(C(F)(F)F)c(Br)cn1)C1CC1. The average molecular weight is 309 g/mol. The summed E-state index contributed by atoms with van der Waals surface area (Å²) in [6.07, 6.45) is -0.903. The molecule has 1 N–H and O–H groups in total. The molecule has 1 aliphatic carbocycles. The fourth-order valence-corrected chi connectivity index (χ4v) is 2.12. The summed E-state index contributed by atoms with van der Waals surface area (Å²) in [4.78, 5) is 3.94. The van der Waals surface area contributed by atoms with Crippen LogP contribution >= 0.6 is 15.9 Å². The molecule has 0 saturated heterocycles. The van der Waals surface area contributed by atoms with Gasteiger partial charge in [-0.15, -0.1) is 0 Å². The molecule has 1 aromatic rings. The van der Waals surface area contributed by atoms with Gasteiger partial charge >= 0.3 is 6.18 Å². The number of nitrogens with one attached hydrogen (secondary N) is 1. The second kappa shape index (κ2) is 4.48. The van der Waals surface area contributed by atoms with Crippen LogP contribution in [0.1, 0.15) is 25.3 Å². The van der Waals surface area contributed by atoms with Crippen molar-refractivity contribution in [3.63, 3.8) is 0 Å². The average Bonchev–Trinajstić information content (AvgIpc) is 3.02. The molecule has 0 bridgehead atoms. The number of pyridine rings is 1. The fraction of sp³-hybridized carbons (Fsp3) is 0.545. The molecule has 2 rings (SSSR count). The minimum absolute atomic E-state index is 0.0328. The number of alkyl halides is 3. The van der Waals surface area contributed by atoms with E-state index in [1.54, 1.807) is 0 Å². The van der Waals surface area contributed by atoms with E-state index in [4.69, 9.17) is 0 Å². The van der Waals surface area contributed by atoms with Crippen LogP contribution in [0.25, 0.3) is 0 Å². The molecular weight excluding hydrogens is 297 g/mol. The van der Waals surface area contributed by atoms with Gasteiger partial charge in [-0.2, -0.15) is 13.2 Å². The third-order valence-electron chi connectivity index (χ3n) is 2.87. The molecule has 0 unspecified atom stereocenters. The molecule has 2 nitrogen and oxygen atoms in total. The first-order chi connectivity index (χ1) is 7.88. The maximum Gasteiger partial charge on any atom is 0.417 e. The zero-order valence-corrected chi connectivity index (χ0v) is 10.8. The Morgan fingerprint density at radius 3 is 2.65 bits per heavy atom. The minimum atomic E-state index is -4.36. The summed E-state index contributed by atoms with van der Waals surface area (Å²) >= 11 is 2.86. The lowest BCUT2D eigenvalue weighted by Gasteiger charge is -2.15. The third-order valence-corrected chi connectivity index (χ3v) is 3.50. The summed E-state index contributed by atoms with van der Waals surface area (Å²) in [7, 11) is 0. The predicted octanol–water partition coefficient (Wildman–Crippen LogP) is 4.07. The van der Waals surface area contributed by atoms with E-state index in [-0.39, 0.29) is 16.3 Å². The van der Waals surface area contributed by atoms with Gasteiger partial charge in [0.15, 0.2) is 0 Å². The van der Waals surface area contributed by atoms with Gasteiger partial charge in [0.1, 0.15) is 5.82 Å². The van der Waals surface area contributed by atoms with Gasteiger partial charge in [0.25, 0.3) is 0 Å². The normalized spacial score (nSPS) is 17.9. The molecule has 0 spiro atoms. The predicted molar refractivity (Wildman–Crippen MR) is 62.7 cm³/mol. The maximum absolute atomic E-state index is 12.7. The number of anilines is 1. The molecule has 1 aliphatic rings. The van der Waals surface area contributed by atoms with Gasteiger partial charge in [-0.1, -0.05) is 0 Å². The molecule has 1 saturated carbocycles. The molecule has 17 heavy (non-hydrogen) atoms. The van der Waals surface area contributed by atoms with E-state index in [0.29, 0.717) is 5.92 Å². The zero-order valence-electron chi connectivity index (χ0n) is 9.18. The fourth-order valence-electron chi connectivity index (χ4n) is 1.68. The topological polar surface area (TPSA) is 24.9 Å². The Morgan fingerprint density at radius 1 is 1.47 bits per heavy atom. The van der Waals surface area contributed by atoms with Crippen LogP contribution in [0.2, 0.25) is 0 Å². The van der Waals surface area contributed by atoms with Gasteiger partial charge in [0.2, 0.25) is 0 Å². The van der Waals surface area contributed by atoms with E-state index in [0.717, 1.165) is 18.9 Å². The van der Waals surface area contributed by atoms with Gasteiger partial charge in [-0.25, -0.2) is 4.98 Å². The Morgan fingerprint density at radius 2 is 2.12 bits per heavy atom. The quantitative estimate of drug-likeness (QED) is 0.910. The van der Waals surface area contributed by atoms with E-state index in [1.165, 1.54) is 6.20 Å². The molecule has 1 aromatic heterocycles. The largest absolute Gasteiger partial charge is 0.417 e. The van der Waals surface area contributed by atoms with Gasteiger partial charge < -0.3 is 5.32 Å². The number of aromatic nitrogens is 1. The smallest absolute Gasteiger partial charge is 0.367 e. The molecule has 0 amide bonds. The Hall–Kier alpha value is -0.780. The van der Waals surface area contributed by atoms with Gasteiger partial charge in [-0.05, 0) is 47.7 Å². The van der Waals surface area contributed by atoms with Crippen LogP contribution < -0.4 is 5.32 Å². The van der Waals surface area contributed by atoms with Crippen molar-refractivity contribution in [3.8, 4) is 0 Å². The highest BCUT2D eigenvalue weighted by molar-refractivity contribution is 9.10. The molecule has 0 radical (unpaired) electrons. The van der Waals surface area contributed by atoms with Crippen molar-refractivity contribution in [2.24, 2.45) is 5.92 Å². The third kappa shape index (κ3) is 3.12. The van der Waals surface area contributed by atoms with Gasteiger partial charge in [0, 0.05) is 16.7 Å². The van der Waals surface area contributed by atoms with E-state index in [1.807, 2.05) is 6.92 Å². The highest BCUT2D eigenvalue weighted by Crippen LogP contribution is 2.37. The number of rotatable bonds is 3. The number of hydrogen-bond donors (Lipinski definition) is 1. The van der Waals surface area contributed by atoms with Crippen molar-refractivity contribution in [1.29, 1.82) is 0 Å². The molecule has 6 heteroatoms. The molecule has 1 atom stereocenters. The summed E-state index contributed by atoms with van der Waals surface area (Å²) in [5, 5.41) is 3.01. The zero-order chi connectivity index (χ0) is 12.6. The van der Waals surface area contributed by atoms with Crippen molar-refractivity contribution in [1.82, 2.24) is 4.98 Å². The van der Waals surface area contributed by atoms with Crippen LogP contribution in [0.15, 0.2) is 16.7 Å². The van der Waals surface area contributed by atoms with Crippen LogP contribution in [-0.4, -0.2) is 11.0 Å². The molecule has 0 aromatic carbocycles. The van der Waals surface area contributed by atoms with Crippen molar-refractivity contribution < 1.29 is 13.2 Å². The summed E-state index contributed by atoms with van der Waals surface area (Å²) in [6, 6.07) is 1.22. The highest BCUT2D eigenvalue weighted by Gasteiger charge is 2.34. The Balaban J connectivity index is 2.18. The lowest BCUT2D eigenvalue weighted by atomic mass is 10.2. The molecule has 1 heterocycles. The first-order valence-corrected chi connectivity index (χ1v) is 6.16. The highest BCUT2D eigenvalue weighted by atomic mass is 79.9. The van der Waals surface area contributed by atoms with Crippen LogP contribution in [0.3, 0.4) is 0 Å². The molecule has 1 fully saturated rings. The van der Waals surface area contributed by atoms with Gasteiger partial charge in [-0.3, -0.25) is 0 Å². The minimum Gasteiger partial charge on any atom is -0.367 e. The summed E-state index contributed by atoms with van der Waals surface area (Å²) in [5.41, 5.74) is -0.696. The monoisotopic (exact) mass is 308 g/mol. The van der Waals surface area contributed by atoms with E-state index in [2.05, 4.69) is 26.2 Å². The van der Waals surface area contributed by atoms with Crippen LogP contribution in [0.5, 0.6) is 0 Å². The lowest BCUT2D eigenvalue weighted by Crippen LogP contribution is -2.19. The molecule has 94 valence electrons. The summed E-state index contributed by atoms with van der Waals surface area (Å²) < 4.78 is 37.9. The van der Waals surface area contributed by atoms with Crippen molar-refractivity contribution in [3.05, 3.63) is 22.3 Å². The molecule has 0 aliphatic heterocycles. The summed E-state index contributed by atoms with van der Waals surface area (Å²) in [6.45, 7) is 1.97. The van der Waals surface area contributed by atoms with Crippen LogP contribution in [0.4, 0.5) is 19.0 Å². The van der Waals surface area contributed by atoms with Crippen molar-refractivity contribution in [2.45, 2.75) is 32.0 Å². The number of halogens is 4. The number of hydrogen-bond acceptors (Lipinski definition) is 2. The lowest BCUT2D eigenvalue weighted by molar-refractivity contribution is -0.138. The van der Waals surface area contributed by atoms with Crippen molar-refractivity contribution >= 4 is 21.7 Å². The maximum atomic E-state index is 12.7. The Bertz CT molecular complexity index is 416. The Kier molecular flexibility index (Phi) is 3.34. The second-order valence-electron chi connectivity index (χ2n) is 4.32. The van der Waals surface area contributed by atoms with Crippen LogP contribution in [-0.2, 0) is 6.18 Å².